The molecule has 0 unspecified atom stereocenters. The van der Waals surface area contributed by atoms with E-state index in [0.29, 0.717) is 41.8 Å². The SMILES string of the molecule is COc1ccc(CCNC(=S)N(Cc2cc3cc(C)cc(C)c3[nH]c2=O)C[C@H]2CCCO2)cc1OC. The Bertz CT molecular complexity index is 1280. The number of aryl methyl sites for hydroxylation is 2. The van der Waals surface area contributed by atoms with Gasteiger partial charge in [-0.1, -0.05) is 17.7 Å². The monoisotopic (exact) mass is 509 g/mol. The van der Waals surface area contributed by atoms with Crippen LogP contribution < -0.4 is 20.3 Å². The number of nitrogens with zero attached hydrogens (tertiary/aromatic N) is 1. The number of benzene rings is 2. The molecule has 2 aromatic carbocycles. The van der Waals surface area contributed by atoms with E-state index in [4.69, 9.17) is 26.4 Å². The van der Waals surface area contributed by atoms with Gasteiger partial charge in [-0.15, -0.1) is 0 Å². The van der Waals surface area contributed by atoms with Gasteiger partial charge in [0.05, 0.1) is 32.4 Å². The van der Waals surface area contributed by atoms with Crippen LogP contribution in [0, 0.1) is 13.8 Å². The second-order valence-corrected chi connectivity index (χ2v) is 9.74. The molecule has 4 rings (SSSR count). The highest BCUT2D eigenvalue weighted by Gasteiger charge is 2.22. The van der Waals surface area contributed by atoms with E-state index >= 15 is 0 Å². The summed E-state index contributed by atoms with van der Waals surface area (Å²) in [6.07, 6.45) is 2.92. The molecule has 8 heteroatoms. The number of methoxy groups -OCH3 is 2. The van der Waals surface area contributed by atoms with Crippen LogP contribution in [0.15, 0.2) is 41.2 Å². The van der Waals surface area contributed by atoms with Crippen molar-refractivity contribution in [3.05, 3.63) is 69.0 Å². The van der Waals surface area contributed by atoms with Crippen LogP contribution in [0.4, 0.5) is 0 Å². The number of fused-ring (bicyclic) bond motifs is 1. The van der Waals surface area contributed by atoms with E-state index in [0.717, 1.165) is 47.9 Å². The first kappa shape index (κ1) is 26.0. The Morgan fingerprint density at radius 2 is 1.97 bits per heavy atom. The molecule has 3 aromatic rings. The van der Waals surface area contributed by atoms with E-state index in [9.17, 15) is 4.79 Å². The summed E-state index contributed by atoms with van der Waals surface area (Å²) in [5, 5.41) is 5.03. The predicted octanol–water partition coefficient (Wildman–Crippen LogP) is 4.26. The van der Waals surface area contributed by atoms with Crippen LogP contribution in [-0.2, 0) is 17.7 Å². The second-order valence-electron chi connectivity index (χ2n) is 9.36. The van der Waals surface area contributed by atoms with Gasteiger partial charge in [0.2, 0.25) is 0 Å². The van der Waals surface area contributed by atoms with Crippen LogP contribution in [0.25, 0.3) is 10.9 Å². The van der Waals surface area contributed by atoms with Gasteiger partial charge in [0.25, 0.3) is 5.56 Å². The van der Waals surface area contributed by atoms with E-state index in [2.05, 4.69) is 34.3 Å². The van der Waals surface area contributed by atoms with Gasteiger partial charge in [-0.2, -0.15) is 0 Å². The fourth-order valence-corrected chi connectivity index (χ4v) is 5.01. The van der Waals surface area contributed by atoms with Gasteiger partial charge in [-0.25, -0.2) is 0 Å². The number of aromatic amines is 1. The molecule has 1 fully saturated rings. The maximum atomic E-state index is 13.0. The zero-order valence-electron chi connectivity index (χ0n) is 21.5. The summed E-state index contributed by atoms with van der Waals surface area (Å²) in [5.41, 5.74) is 4.84. The van der Waals surface area contributed by atoms with Crippen LogP contribution >= 0.6 is 12.2 Å². The van der Waals surface area contributed by atoms with E-state index in [1.807, 2.05) is 31.2 Å². The summed E-state index contributed by atoms with van der Waals surface area (Å²) in [4.78, 5) is 18.1. The van der Waals surface area contributed by atoms with E-state index in [1.54, 1.807) is 14.2 Å². The highest BCUT2D eigenvalue weighted by Crippen LogP contribution is 2.27. The van der Waals surface area contributed by atoms with E-state index in [1.165, 1.54) is 5.56 Å². The van der Waals surface area contributed by atoms with Crippen molar-refractivity contribution in [2.45, 2.75) is 45.8 Å². The third kappa shape index (κ3) is 6.17. The average molecular weight is 510 g/mol. The molecule has 7 nitrogen and oxygen atoms in total. The lowest BCUT2D eigenvalue weighted by Crippen LogP contribution is -2.44. The smallest absolute Gasteiger partial charge is 0.253 e. The van der Waals surface area contributed by atoms with Gasteiger partial charge in [0, 0.05) is 25.3 Å². The Hall–Kier alpha value is -3.10. The summed E-state index contributed by atoms with van der Waals surface area (Å²) in [7, 11) is 3.26. The summed E-state index contributed by atoms with van der Waals surface area (Å²) in [5.74, 6) is 1.41. The Kier molecular flexibility index (Phi) is 8.48. The van der Waals surface area contributed by atoms with E-state index < -0.39 is 0 Å². The normalized spacial score (nSPS) is 15.2. The molecule has 1 aliphatic rings. The molecule has 36 heavy (non-hydrogen) atoms. The largest absolute Gasteiger partial charge is 0.493 e. The van der Waals surface area contributed by atoms with Crippen molar-refractivity contribution in [1.29, 1.82) is 0 Å². The van der Waals surface area contributed by atoms with Crippen LogP contribution in [0.2, 0.25) is 0 Å². The molecule has 0 aliphatic carbocycles. The summed E-state index contributed by atoms with van der Waals surface area (Å²) < 4.78 is 16.6. The van der Waals surface area contributed by atoms with Crippen molar-refractivity contribution in [2.24, 2.45) is 0 Å². The van der Waals surface area contributed by atoms with Gasteiger partial charge < -0.3 is 29.4 Å². The number of H-pyrrole nitrogens is 1. The molecule has 0 spiro atoms. The number of rotatable bonds is 9. The molecular weight excluding hydrogens is 474 g/mol. The van der Waals surface area contributed by atoms with Gasteiger partial charge in [-0.3, -0.25) is 4.79 Å². The summed E-state index contributed by atoms with van der Waals surface area (Å²) in [6, 6.07) is 12.1. The molecule has 2 N–H and O–H groups in total. The lowest BCUT2D eigenvalue weighted by Gasteiger charge is -2.28. The Morgan fingerprint density at radius 3 is 2.69 bits per heavy atom. The lowest BCUT2D eigenvalue weighted by molar-refractivity contribution is 0.0897. The molecular formula is C28H35N3O4S. The Morgan fingerprint density at radius 1 is 1.17 bits per heavy atom. The predicted molar refractivity (Wildman–Crippen MR) is 147 cm³/mol. The summed E-state index contributed by atoms with van der Waals surface area (Å²) >= 11 is 5.80. The highest BCUT2D eigenvalue weighted by atomic mass is 32.1. The number of ether oxygens (including phenoxy) is 3. The topological polar surface area (TPSA) is 75.8 Å². The van der Waals surface area contributed by atoms with Gasteiger partial charge in [0.1, 0.15) is 0 Å². The van der Waals surface area contributed by atoms with Crippen molar-refractivity contribution in [3.8, 4) is 11.5 Å². The van der Waals surface area contributed by atoms with Crippen molar-refractivity contribution in [2.75, 3.05) is 33.9 Å². The van der Waals surface area contributed by atoms with Crippen molar-refractivity contribution in [1.82, 2.24) is 15.2 Å². The first-order valence-electron chi connectivity index (χ1n) is 12.4. The third-order valence-electron chi connectivity index (χ3n) is 6.60. The fourth-order valence-electron chi connectivity index (χ4n) is 4.77. The standard InChI is InChI=1S/C28H35N3O4S/c1-18-12-19(2)26-21(13-18)15-22(27(32)30-26)16-31(17-23-6-5-11-35-23)28(36)29-10-9-20-7-8-24(33-3)25(14-20)34-4/h7-8,12-15,23H,5-6,9-11,16-17H2,1-4H3,(H,29,36)(H,30,32)/t23-/m1/s1. The van der Waals surface area contributed by atoms with E-state index in [-0.39, 0.29) is 11.7 Å². The van der Waals surface area contributed by atoms with Crippen molar-refractivity contribution >= 4 is 28.2 Å². The minimum atomic E-state index is -0.0834. The van der Waals surface area contributed by atoms with Crippen LogP contribution in [-0.4, -0.2) is 55.0 Å². The zero-order chi connectivity index (χ0) is 25.7. The molecule has 0 bridgehead atoms. The maximum Gasteiger partial charge on any atom is 0.253 e. The summed E-state index contributed by atoms with van der Waals surface area (Å²) in [6.45, 7) is 6.58. The number of thiocarbonyl (C=S) groups is 1. The van der Waals surface area contributed by atoms with Gasteiger partial charge in [-0.05, 0) is 86.1 Å². The van der Waals surface area contributed by atoms with Crippen LogP contribution in [0.3, 0.4) is 0 Å². The van der Waals surface area contributed by atoms with Crippen LogP contribution in [0.1, 0.15) is 35.1 Å². The first-order valence-corrected chi connectivity index (χ1v) is 12.8. The van der Waals surface area contributed by atoms with Crippen molar-refractivity contribution < 1.29 is 14.2 Å². The quantitative estimate of drug-likeness (QED) is 0.418. The number of pyridine rings is 1. The molecule has 2 heterocycles. The Balaban J connectivity index is 1.48. The molecule has 1 aliphatic heterocycles. The second kappa shape index (κ2) is 11.8. The van der Waals surface area contributed by atoms with Crippen molar-refractivity contribution in [3.63, 3.8) is 0 Å². The zero-order valence-corrected chi connectivity index (χ0v) is 22.3. The molecule has 1 saturated heterocycles. The Labute approximate surface area is 217 Å². The maximum absolute atomic E-state index is 13.0. The minimum absolute atomic E-state index is 0.0834. The third-order valence-corrected chi connectivity index (χ3v) is 7.01. The number of hydrogen-bond acceptors (Lipinski definition) is 5. The molecule has 0 saturated carbocycles. The number of nitrogens with one attached hydrogen (secondary N) is 2. The highest BCUT2D eigenvalue weighted by molar-refractivity contribution is 7.80. The molecule has 1 aromatic heterocycles. The molecule has 0 amide bonds. The van der Waals surface area contributed by atoms with Gasteiger partial charge >= 0.3 is 0 Å². The minimum Gasteiger partial charge on any atom is -0.493 e. The average Bonchev–Trinajstić information content (AvgIpc) is 3.37. The molecule has 0 radical (unpaired) electrons. The van der Waals surface area contributed by atoms with Gasteiger partial charge in [0.15, 0.2) is 16.6 Å². The number of hydrogen-bond donors (Lipinski definition) is 2. The fraction of sp³-hybridized carbons (Fsp3) is 0.429. The van der Waals surface area contributed by atoms with Crippen LogP contribution in [0.5, 0.6) is 11.5 Å². The molecule has 192 valence electrons. The first-order chi connectivity index (χ1) is 17.4. The molecule has 1 atom stereocenters. The lowest BCUT2D eigenvalue weighted by atomic mass is 10.1. The number of aromatic nitrogens is 1.